The lowest BCUT2D eigenvalue weighted by Gasteiger charge is -2.12. The van der Waals surface area contributed by atoms with Crippen LogP contribution in [0.25, 0.3) is 0 Å². The van der Waals surface area contributed by atoms with Gasteiger partial charge in [0.05, 0.1) is 6.61 Å². The Hall–Kier alpha value is -2.14. The smallest absolute Gasteiger partial charge is 0.171 e. The molecule has 0 saturated heterocycles. The van der Waals surface area contributed by atoms with Crippen LogP contribution >= 0.6 is 12.2 Å². The van der Waals surface area contributed by atoms with Crippen LogP contribution in [-0.4, -0.2) is 11.7 Å². The Morgan fingerprint density at radius 1 is 1.19 bits per heavy atom. The van der Waals surface area contributed by atoms with Gasteiger partial charge in [0.25, 0.3) is 0 Å². The summed E-state index contributed by atoms with van der Waals surface area (Å²) < 4.78 is 18.9. The maximum absolute atomic E-state index is 13.5. The largest absolute Gasteiger partial charge is 0.494 e. The summed E-state index contributed by atoms with van der Waals surface area (Å²) >= 11 is 5.20. The van der Waals surface area contributed by atoms with Gasteiger partial charge in [-0.25, -0.2) is 4.39 Å². The van der Waals surface area contributed by atoms with Crippen LogP contribution in [0.2, 0.25) is 0 Å². The molecule has 0 heterocycles. The normalized spacial score (nSPS) is 10.0. The first kappa shape index (κ1) is 15.3. The zero-order valence-corrected chi connectivity index (χ0v) is 12.5. The molecule has 5 heteroatoms. The molecule has 21 heavy (non-hydrogen) atoms. The molecule has 0 radical (unpaired) electrons. The molecule has 3 nitrogen and oxygen atoms in total. The van der Waals surface area contributed by atoms with Gasteiger partial charge < -0.3 is 15.4 Å². The molecule has 0 unspecified atom stereocenters. The highest BCUT2D eigenvalue weighted by Gasteiger charge is 2.03. The van der Waals surface area contributed by atoms with Gasteiger partial charge in [0.1, 0.15) is 11.6 Å². The van der Waals surface area contributed by atoms with Crippen molar-refractivity contribution >= 4 is 23.0 Å². The fourth-order valence-electron chi connectivity index (χ4n) is 1.82. The lowest BCUT2D eigenvalue weighted by atomic mass is 10.2. The Morgan fingerprint density at radius 3 is 2.76 bits per heavy atom. The molecule has 0 saturated carbocycles. The molecule has 0 bridgehead atoms. The van der Waals surface area contributed by atoms with E-state index in [0.29, 0.717) is 23.8 Å². The van der Waals surface area contributed by atoms with E-state index in [1.165, 1.54) is 6.07 Å². The molecule has 2 aromatic rings. The Bertz CT molecular complexity index is 619. The average molecular weight is 304 g/mol. The molecule has 0 spiro atoms. The Balaban J connectivity index is 1.90. The summed E-state index contributed by atoms with van der Waals surface area (Å²) in [6.07, 6.45) is 0. The SMILES string of the molecule is CCOc1cccc(NC(=S)NCc2ccccc2F)c1. The quantitative estimate of drug-likeness (QED) is 0.825. The number of anilines is 1. The second kappa shape index (κ2) is 7.59. The molecule has 0 aliphatic carbocycles. The van der Waals surface area contributed by atoms with Crippen molar-refractivity contribution in [1.82, 2.24) is 5.32 Å². The molecule has 0 aromatic heterocycles. The van der Waals surface area contributed by atoms with Crippen LogP contribution < -0.4 is 15.4 Å². The van der Waals surface area contributed by atoms with E-state index in [9.17, 15) is 4.39 Å². The van der Waals surface area contributed by atoms with Gasteiger partial charge in [0.2, 0.25) is 0 Å². The van der Waals surface area contributed by atoms with Gasteiger partial charge in [0.15, 0.2) is 5.11 Å². The van der Waals surface area contributed by atoms with E-state index < -0.39 is 0 Å². The van der Waals surface area contributed by atoms with Crippen molar-refractivity contribution in [2.75, 3.05) is 11.9 Å². The minimum atomic E-state index is -0.244. The highest BCUT2D eigenvalue weighted by atomic mass is 32.1. The van der Waals surface area contributed by atoms with Gasteiger partial charge in [-0.05, 0) is 37.3 Å². The molecule has 2 rings (SSSR count). The summed E-state index contributed by atoms with van der Waals surface area (Å²) in [7, 11) is 0. The van der Waals surface area contributed by atoms with Gasteiger partial charge in [-0.3, -0.25) is 0 Å². The van der Waals surface area contributed by atoms with E-state index in [1.807, 2.05) is 31.2 Å². The summed E-state index contributed by atoms with van der Waals surface area (Å²) in [4.78, 5) is 0. The number of hydrogen-bond donors (Lipinski definition) is 2. The molecule has 0 fully saturated rings. The van der Waals surface area contributed by atoms with Crippen LogP contribution in [-0.2, 0) is 6.54 Å². The zero-order valence-electron chi connectivity index (χ0n) is 11.7. The van der Waals surface area contributed by atoms with Gasteiger partial charge in [-0.2, -0.15) is 0 Å². The molecular formula is C16H17FN2OS. The van der Waals surface area contributed by atoms with Crippen LogP contribution in [0.3, 0.4) is 0 Å². The molecule has 110 valence electrons. The summed E-state index contributed by atoms with van der Waals surface area (Å²) in [5.41, 5.74) is 1.40. The van der Waals surface area contributed by atoms with Crippen molar-refractivity contribution in [3.05, 3.63) is 59.9 Å². The zero-order chi connectivity index (χ0) is 15.1. The monoisotopic (exact) mass is 304 g/mol. The fraction of sp³-hybridized carbons (Fsp3) is 0.188. The predicted octanol–water partition coefficient (Wildman–Crippen LogP) is 3.71. The molecule has 2 aromatic carbocycles. The summed E-state index contributed by atoms with van der Waals surface area (Å²) in [5, 5.41) is 6.46. The fourth-order valence-corrected chi connectivity index (χ4v) is 2.01. The Kier molecular flexibility index (Phi) is 5.51. The molecular weight excluding hydrogens is 287 g/mol. The van der Waals surface area contributed by atoms with E-state index in [-0.39, 0.29) is 5.82 Å². The third kappa shape index (κ3) is 4.72. The third-order valence-electron chi connectivity index (χ3n) is 2.80. The van der Waals surface area contributed by atoms with Gasteiger partial charge in [-0.15, -0.1) is 0 Å². The minimum Gasteiger partial charge on any atom is -0.494 e. The second-order valence-electron chi connectivity index (χ2n) is 4.36. The number of halogens is 1. The number of thiocarbonyl (C=S) groups is 1. The number of hydrogen-bond acceptors (Lipinski definition) is 2. The summed E-state index contributed by atoms with van der Waals surface area (Å²) in [5.74, 6) is 0.533. The van der Waals surface area contributed by atoms with E-state index in [1.54, 1.807) is 18.2 Å². The van der Waals surface area contributed by atoms with Crippen LogP contribution in [0.5, 0.6) is 5.75 Å². The third-order valence-corrected chi connectivity index (χ3v) is 3.05. The number of rotatable bonds is 5. The van der Waals surface area contributed by atoms with E-state index in [2.05, 4.69) is 10.6 Å². The highest BCUT2D eigenvalue weighted by Crippen LogP contribution is 2.17. The average Bonchev–Trinajstić information content (AvgIpc) is 2.47. The highest BCUT2D eigenvalue weighted by molar-refractivity contribution is 7.80. The number of nitrogens with one attached hydrogen (secondary N) is 2. The Labute approximate surface area is 129 Å². The van der Waals surface area contributed by atoms with Crippen molar-refractivity contribution in [2.24, 2.45) is 0 Å². The summed E-state index contributed by atoms with van der Waals surface area (Å²) in [6, 6.07) is 14.1. The predicted molar refractivity (Wildman–Crippen MR) is 87.1 cm³/mol. The first-order valence-corrected chi connectivity index (χ1v) is 7.11. The lowest BCUT2D eigenvalue weighted by molar-refractivity contribution is 0.340. The topological polar surface area (TPSA) is 33.3 Å². The molecule has 2 N–H and O–H groups in total. The molecule has 0 aliphatic heterocycles. The van der Waals surface area contributed by atoms with Crippen molar-refractivity contribution in [2.45, 2.75) is 13.5 Å². The number of ether oxygens (including phenoxy) is 1. The first-order valence-electron chi connectivity index (χ1n) is 6.70. The van der Waals surface area contributed by atoms with Crippen LogP contribution in [0, 0.1) is 5.82 Å². The van der Waals surface area contributed by atoms with Gasteiger partial charge in [-0.1, -0.05) is 24.3 Å². The maximum atomic E-state index is 13.5. The number of benzene rings is 2. The van der Waals surface area contributed by atoms with Gasteiger partial charge in [0, 0.05) is 23.9 Å². The standard InChI is InChI=1S/C16H17FN2OS/c1-2-20-14-8-5-7-13(10-14)19-16(21)18-11-12-6-3-4-9-15(12)17/h3-10H,2,11H2,1H3,(H2,18,19,21). The lowest BCUT2D eigenvalue weighted by Crippen LogP contribution is -2.28. The Morgan fingerprint density at radius 2 is 2.00 bits per heavy atom. The van der Waals surface area contributed by atoms with E-state index in [0.717, 1.165) is 11.4 Å². The van der Waals surface area contributed by atoms with E-state index in [4.69, 9.17) is 17.0 Å². The summed E-state index contributed by atoms with van der Waals surface area (Å²) in [6.45, 7) is 2.88. The van der Waals surface area contributed by atoms with E-state index >= 15 is 0 Å². The maximum Gasteiger partial charge on any atom is 0.171 e. The minimum absolute atomic E-state index is 0.244. The molecule has 0 amide bonds. The van der Waals surface area contributed by atoms with Crippen LogP contribution in [0.4, 0.5) is 10.1 Å². The molecule has 0 atom stereocenters. The van der Waals surface area contributed by atoms with Gasteiger partial charge >= 0.3 is 0 Å². The van der Waals surface area contributed by atoms with Crippen LogP contribution in [0.1, 0.15) is 12.5 Å². The van der Waals surface area contributed by atoms with Crippen molar-refractivity contribution in [1.29, 1.82) is 0 Å². The second-order valence-corrected chi connectivity index (χ2v) is 4.77. The first-order chi connectivity index (χ1) is 10.2. The van der Waals surface area contributed by atoms with Crippen molar-refractivity contribution in [3.8, 4) is 5.75 Å². The van der Waals surface area contributed by atoms with Crippen molar-refractivity contribution in [3.63, 3.8) is 0 Å². The van der Waals surface area contributed by atoms with Crippen LogP contribution in [0.15, 0.2) is 48.5 Å². The molecule has 0 aliphatic rings. The van der Waals surface area contributed by atoms with Crippen molar-refractivity contribution < 1.29 is 9.13 Å².